The Labute approximate surface area is 289 Å². The Kier molecular flexibility index (Phi) is 44.0. The number of nitrogens with two attached hydrogens (primary N) is 3. The Morgan fingerprint density at radius 1 is 0.356 bits per heavy atom. The van der Waals surface area contributed by atoms with Crippen LogP contribution in [0.4, 0.5) is 0 Å². The number of halogens is 1. The highest BCUT2D eigenvalue weighted by Crippen LogP contribution is 1.94. The SMILES string of the molecule is C/C(C/C(C)=N/N)=N/N.CC(C)=N/N=C(/C)C/C(C)=N/N.CC(C)=N/N=C(/C)C/C(C)=N/N=C(C)C.CC(C)=O.CC(C)=O.I. The molecule has 0 aliphatic rings. The zero-order valence-corrected chi connectivity index (χ0v) is 32.9. The van der Waals surface area contributed by atoms with Gasteiger partial charge in [0.1, 0.15) is 11.6 Å². The quantitative estimate of drug-likeness (QED) is 0.103. The van der Waals surface area contributed by atoms with Crippen LogP contribution in [-0.2, 0) is 9.59 Å². The summed E-state index contributed by atoms with van der Waals surface area (Å²) < 4.78 is 0. The molecule has 0 spiro atoms. The van der Waals surface area contributed by atoms with E-state index in [1.807, 2.05) is 83.1 Å². The maximum Gasteiger partial charge on any atom is 0.126 e. The van der Waals surface area contributed by atoms with Crippen LogP contribution < -0.4 is 17.5 Å². The third-order valence-corrected chi connectivity index (χ3v) is 3.46. The standard InChI is InChI=1S/C11H20N4.C8H16N4.C5H12N4.2C3H6O.HI/c1-8(2)12-14-10(5)7-11(6)15-13-9(3)4;1-6(2)11-12-8(4)5-7(3)10-9;1-4(8-6)3-5(2)9-7;2*1-3(2)4;/h7H2,1-6H3;5,9H2,1-4H3;3,6-7H2,1-2H3;2*1-2H3;1H/b14-10-,15-11+;10-7+,12-8-;8-4-,9-5+;;;. The van der Waals surface area contributed by atoms with Crippen LogP contribution in [0.25, 0.3) is 0 Å². The Morgan fingerprint density at radius 2 is 0.511 bits per heavy atom. The Morgan fingerprint density at radius 3 is 0.667 bits per heavy atom. The molecule has 6 N–H and O–H groups in total. The summed E-state index contributed by atoms with van der Waals surface area (Å²) in [5, 5.41) is 34.5. The summed E-state index contributed by atoms with van der Waals surface area (Å²) in [6.45, 7) is 28.9. The van der Waals surface area contributed by atoms with Crippen LogP contribution in [0.5, 0.6) is 0 Å². The molecule has 0 aromatic heterocycles. The van der Waals surface area contributed by atoms with Gasteiger partial charge >= 0.3 is 0 Å². The van der Waals surface area contributed by atoms with E-state index < -0.39 is 0 Å². The van der Waals surface area contributed by atoms with Gasteiger partial charge in [-0.2, -0.15) is 45.9 Å². The first-order valence-corrected chi connectivity index (χ1v) is 13.9. The predicted octanol–water partition coefficient (Wildman–Crippen LogP) is 6.51. The van der Waals surface area contributed by atoms with Gasteiger partial charge in [0.2, 0.25) is 0 Å². The number of ketones is 2. The van der Waals surface area contributed by atoms with Crippen molar-refractivity contribution in [2.75, 3.05) is 0 Å². The molecule has 0 aliphatic carbocycles. The molecular weight excluding hydrogens is 687 g/mol. The van der Waals surface area contributed by atoms with Crippen LogP contribution in [0.15, 0.2) is 45.9 Å². The van der Waals surface area contributed by atoms with Gasteiger partial charge in [0.05, 0.1) is 0 Å². The maximum atomic E-state index is 9.44. The average molecular weight is 749 g/mol. The van der Waals surface area contributed by atoms with Crippen molar-refractivity contribution in [2.45, 2.75) is 130 Å². The summed E-state index contributed by atoms with van der Waals surface area (Å²) >= 11 is 0. The highest BCUT2D eigenvalue weighted by molar-refractivity contribution is 14.0. The lowest BCUT2D eigenvalue weighted by Crippen LogP contribution is -2.05. The molecule has 0 saturated carbocycles. The second-order valence-electron chi connectivity index (χ2n) is 10.6. The third-order valence-electron chi connectivity index (χ3n) is 3.46. The molecule has 260 valence electrons. The first kappa shape index (κ1) is 54.0. The molecule has 0 fully saturated rings. The number of carbonyl (C=O) groups excluding carboxylic acids is 2. The third kappa shape index (κ3) is 69.0. The molecule has 0 radical (unpaired) electrons. The smallest absolute Gasteiger partial charge is 0.126 e. The minimum absolute atomic E-state index is 0. The van der Waals surface area contributed by atoms with Gasteiger partial charge in [0.15, 0.2) is 0 Å². The van der Waals surface area contributed by atoms with Gasteiger partial charge < -0.3 is 27.1 Å². The highest BCUT2D eigenvalue weighted by Gasteiger charge is 1.96. The van der Waals surface area contributed by atoms with Gasteiger partial charge in [-0.05, 0) is 111 Å². The summed E-state index contributed by atoms with van der Waals surface area (Å²) in [6.07, 6.45) is 2.06. The largest absolute Gasteiger partial charge is 0.323 e. The minimum Gasteiger partial charge on any atom is -0.323 e. The number of carbonyl (C=O) groups is 2. The number of hydrazone groups is 3. The molecule has 0 heterocycles. The number of rotatable bonds is 9. The van der Waals surface area contributed by atoms with E-state index in [1.165, 1.54) is 27.7 Å². The molecule has 0 aromatic rings. The topological polar surface area (TPSA) is 223 Å². The second-order valence-corrected chi connectivity index (χ2v) is 10.6. The molecule has 0 bridgehead atoms. The van der Waals surface area contributed by atoms with Crippen LogP contribution in [0.1, 0.15) is 130 Å². The molecule has 0 atom stereocenters. The molecule has 15 heteroatoms. The number of Topliss-reactive ketones (excluding diaryl/α,β-unsaturated/α-hetero) is 2. The van der Waals surface area contributed by atoms with Crippen molar-refractivity contribution in [3.05, 3.63) is 0 Å². The van der Waals surface area contributed by atoms with Crippen LogP contribution in [0, 0.1) is 0 Å². The molecule has 14 nitrogen and oxygen atoms in total. The Bertz CT molecular complexity index is 1030. The van der Waals surface area contributed by atoms with E-state index in [2.05, 4.69) is 45.9 Å². The summed E-state index contributed by atoms with van der Waals surface area (Å²) in [4.78, 5) is 18.9. The molecule has 0 aromatic carbocycles. The van der Waals surface area contributed by atoms with Gasteiger partial charge in [0.25, 0.3) is 0 Å². The highest BCUT2D eigenvalue weighted by atomic mass is 127. The molecule has 0 aliphatic heterocycles. The maximum absolute atomic E-state index is 9.44. The Hall–Kier alpha value is -3.50. The molecule has 0 saturated heterocycles. The van der Waals surface area contributed by atoms with E-state index in [9.17, 15) is 9.59 Å². The summed E-state index contributed by atoms with van der Waals surface area (Å²) in [6, 6.07) is 0. The van der Waals surface area contributed by atoms with Gasteiger partial charge in [0, 0.05) is 70.7 Å². The van der Waals surface area contributed by atoms with E-state index in [-0.39, 0.29) is 35.5 Å². The van der Waals surface area contributed by atoms with Crippen molar-refractivity contribution in [3.8, 4) is 0 Å². The first-order valence-electron chi connectivity index (χ1n) is 13.9. The lowest BCUT2D eigenvalue weighted by atomic mass is 10.2. The van der Waals surface area contributed by atoms with Gasteiger partial charge in [-0.1, -0.05) is 0 Å². The fourth-order valence-corrected chi connectivity index (χ4v) is 1.91. The zero-order chi connectivity index (χ0) is 35.8. The van der Waals surface area contributed by atoms with Crippen molar-refractivity contribution in [1.82, 2.24) is 0 Å². The molecule has 0 amide bonds. The lowest BCUT2D eigenvalue weighted by molar-refractivity contribution is -0.115. The summed E-state index contributed by atoms with van der Waals surface area (Å²) in [7, 11) is 0. The van der Waals surface area contributed by atoms with Crippen molar-refractivity contribution < 1.29 is 9.59 Å². The summed E-state index contributed by atoms with van der Waals surface area (Å²) in [5.74, 6) is 15.3. The summed E-state index contributed by atoms with van der Waals surface area (Å²) in [5.41, 5.74) is 8.18. The first-order chi connectivity index (χ1) is 20.1. The van der Waals surface area contributed by atoms with Crippen LogP contribution >= 0.6 is 24.0 Å². The predicted molar refractivity (Wildman–Crippen MR) is 210 cm³/mol. The number of hydrogen-bond donors (Lipinski definition) is 3. The number of nitrogens with zero attached hydrogens (tertiary/aromatic N) is 9. The lowest BCUT2D eigenvalue weighted by Gasteiger charge is -1.96. The molecular formula is C30H61IN12O2. The minimum atomic E-state index is 0. The monoisotopic (exact) mass is 748 g/mol. The zero-order valence-electron chi connectivity index (χ0n) is 30.6. The van der Waals surface area contributed by atoms with Gasteiger partial charge in [-0.3, -0.25) is 0 Å². The van der Waals surface area contributed by atoms with E-state index >= 15 is 0 Å². The van der Waals surface area contributed by atoms with Crippen LogP contribution in [-0.4, -0.2) is 63.0 Å². The molecule has 0 unspecified atom stereocenters. The number of hydrogen-bond acceptors (Lipinski definition) is 14. The molecule has 45 heavy (non-hydrogen) atoms. The molecule has 0 rings (SSSR count). The van der Waals surface area contributed by atoms with Crippen molar-refractivity contribution >= 4 is 86.9 Å². The van der Waals surface area contributed by atoms with E-state index in [0.29, 0.717) is 19.3 Å². The normalized spacial score (nSPS) is 11.6. The van der Waals surface area contributed by atoms with E-state index in [0.717, 1.165) is 51.4 Å². The fraction of sp³-hybridized carbons (Fsp3) is 0.633. The van der Waals surface area contributed by atoms with E-state index in [4.69, 9.17) is 17.5 Å². The Balaban J connectivity index is -0.000000114. The van der Waals surface area contributed by atoms with Gasteiger partial charge in [-0.15, -0.1) is 24.0 Å². The fourth-order valence-electron chi connectivity index (χ4n) is 1.91. The van der Waals surface area contributed by atoms with Gasteiger partial charge in [-0.25, -0.2) is 0 Å². The average Bonchev–Trinajstić information content (AvgIpc) is 2.89. The van der Waals surface area contributed by atoms with Crippen LogP contribution in [0.2, 0.25) is 0 Å². The van der Waals surface area contributed by atoms with Crippen LogP contribution in [0.3, 0.4) is 0 Å². The van der Waals surface area contributed by atoms with Crippen molar-refractivity contribution in [1.29, 1.82) is 0 Å². The van der Waals surface area contributed by atoms with E-state index in [1.54, 1.807) is 0 Å². The second kappa shape index (κ2) is 36.7. The van der Waals surface area contributed by atoms with Crippen molar-refractivity contribution in [2.24, 2.45) is 63.4 Å². The van der Waals surface area contributed by atoms with Crippen molar-refractivity contribution in [3.63, 3.8) is 0 Å².